The van der Waals surface area contributed by atoms with E-state index in [1.807, 2.05) is 17.5 Å². The molecule has 0 aliphatic heterocycles. The van der Waals surface area contributed by atoms with Crippen molar-refractivity contribution >= 4 is 17.4 Å². The van der Waals surface area contributed by atoms with Crippen molar-refractivity contribution in [2.24, 2.45) is 5.92 Å². The van der Waals surface area contributed by atoms with E-state index in [9.17, 15) is 5.11 Å². The Morgan fingerprint density at radius 3 is 2.88 bits per heavy atom. The molecule has 0 spiro atoms. The lowest BCUT2D eigenvalue weighted by Crippen LogP contribution is -2.02. The summed E-state index contributed by atoms with van der Waals surface area (Å²) >= 11 is 1.45. The summed E-state index contributed by atoms with van der Waals surface area (Å²) in [4.78, 5) is 0.732. The molecule has 0 amide bonds. The normalized spacial score (nSPS) is 19.3. The van der Waals surface area contributed by atoms with Gasteiger partial charge >= 0.3 is 0 Å². The zero-order valence-corrected chi connectivity index (χ0v) is 10.6. The molecule has 0 radical (unpaired) electrons. The van der Waals surface area contributed by atoms with Gasteiger partial charge in [0.2, 0.25) is 0 Å². The van der Waals surface area contributed by atoms with Gasteiger partial charge in [0.25, 0.3) is 0 Å². The number of thiophene rings is 1. The van der Waals surface area contributed by atoms with E-state index in [2.05, 4.69) is 12.2 Å². The number of allylic oxidation sites excluding steroid dienone is 1. The SMILES string of the molecule is N#CC(O)c1cc(/C=C/C2CCCCC2)cs1. The lowest BCUT2D eigenvalue weighted by Gasteiger charge is -2.17. The molecule has 1 aromatic rings. The van der Waals surface area contributed by atoms with Gasteiger partial charge in [-0.2, -0.15) is 5.26 Å². The predicted molar refractivity (Wildman–Crippen MR) is 70.5 cm³/mol. The summed E-state index contributed by atoms with van der Waals surface area (Å²) in [5, 5.41) is 20.0. The zero-order valence-electron chi connectivity index (χ0n) is 9.80. The molecule has 1 fully saturated rings. The van der Waals surface area contributed by atoms with Gasteiger partial charge in [-0.3, -0.25) is 0 Å². The highest BCUT2D eigenvalue weighted by Crippen LogP contribution is 2.27. The Morgan fingerprint density at radius 2 is 2.18 bits per heavy atom. The van der Waals surface area contributed by atoms with Gasteiger partial charge in [-0.25, -0.2) is 0 Å². The fraction of sp³-hybridized carbons (Fsp3) is 0.500. The molecular formula is C14H17NOS. The number of hydrogen-bond acceptors (Lipinski definition) is 3. The van der Waals surface area contributed by atoms with Gasteiger partial charge in [0.1, 0.15) is 0 Å². The first kappa shape index (κ1) is 12.3. The number of rotatable bonds is 3. The lowest BCUT2D eigenvalue weighted by atomic mass is 9.89. The number of hydrogen-bond donors (Lipinski definition) is 1. The minimum Gasteiger partial charge on any atom is -0.373 e. The highest BCUT2D eigenvalue weighted by atomic mass is 32.1. The van der Waals surface area contributed by atoms with E-state index in [-0.39, 0.29) is 0 Å². The Bertz CT molecular complexity index is 424. The first-order valence-corrected chi connectivity index (χ1v) is 7.02. The summed E-state index contributed by atoms with van der Waals surface area (Å²) in [5.41, 5.74) is 1.10. The van der Waals surface area contributed by atoms with Crippen LogP contribution in [0, 0.1) is 17.2 Å². The second-order valence-electron chi connectivity index (χ2n) is 4.57. The Hall–Kier alpha value is -1.11. The maximum atomic E-state index is 9.38. The smallest absolute Gasteiger partial charge is 0.175 e. The molecule has 1 aliphatic carbocycles. The quantitative estimate of drug-likeness (QED) is 0.823. The van der Waals surface area contributed by atoms with Gasteiger partial charge in [-0.15, -0.1) is 11.3 Å². The molecule has 1 N–H and O–H groups in total. The van der Waals surface area contributed by atoms with Gasteiger partial charge in [-0.1, -0.05) is 31.4 Å². The number of aliphatic hydroxyl groups is 1. The molecule has 1 unspecified atom stereocenters. The Labute approximate surface area is 106 Å². The van der Waals surface area contributed by atoms with E-state index in [0.717, 1.165) is 10.4 Å². The third-order valence-electron chi connectivity index (χ3n) is 3.24. The summed E-state index contributed by atoms with van der Waals surface area (Å²) in [6.07, 6.45) is 10.1. The molecule has 2 rings (SSSR count). The number of aliphatic hydroxyl groups excluding tert-OH is 1. The molecule has 1 aromatic heterocycles. The van der Waals surface area contributed by atoms with Crippen molar-refractivity contribution in [2.45, 2.75) is 38.2 Å². The fourth-order valence-electron chi connectivity index (χ4n) is 2.24. The van der Waals surface area contributed by atoms with E-state index in [1.165, 1.54) is 43.4 Å². The largest absolute Gasteiger partial charge is 0.373 e. The maximum absolute atomic E-state index is 9.38. The van der Waals surface area contributed by atoms with Crippen molar-refractivity contribution in [3.05, 3.63) is 28.0 Å². The van der Waals surface area contributed by atoms with Gasteiger partial charge < -0.3 is 5.11 Å². The summed E-state index contributed by atoms with van der Waals surface area (Å²) < 4.78 is 0. The third-order valence-corrected chi connectivity index (χ3v) is 4.25. The van der Waals surface area contributed by atoms with Crippen molar-refractivity contribution in [2.75, 3.05) is 0 Å². The van der Waals surface area contributed by atoms with E-state index < -0.39 is 6.10 Å². The van der Waals surface area contributed by atoms with Crippen molar-refractivity contribution in [1.82, 2.24) is 0 Å². The summed E-state index contributed by atoms with van der Waals surface area (Å²) in [7, 11) is 0. The average molecular weight is 247 g/mol. The molecule has 1 saturated carbocycles. The molecule has 3 heteroatoms. The van der Waals surface area contributed by atoms with Crippen LogP contribution in [0.2, 0.25) is 0 Å². The van der Waals surface area contributed by atoms with Crippen LogP contribution < -0.4 is 0 Å². The number of nitrogens with zero attached hydrogens (tertiary/aromatic N) is 1. The first-order valence-electron chi connectivity index (χ1n) is 6.14. The number of nitriles is 1. The lowest BCUT2D eigenvalue weighted by molar-refractivity contribution is 0.240. The molecule has 1 atom stereocenters. The van der Waals surface area contributed by atoms with Crippen LogP contribution in [0.15, 0.2) is 17.5 Å². The van der Waals surface area contributed by atoms with Crippen LogP contribution >= 0.6 is 11.3 Å². The van der Waals surface area contributed by atoms with E-state index in [1.54, 1.807) is 0 Å². The highest BCUT2D eigenvalue weighted by molar-refractivity contribution is 7.10. The van der Waals surface area contributed by atoms with E-state index in [0.29, 0.717) is 5.92 Å². The van der Waals surface area contributed by atoms with Crippen molar-refractivity contribution < 1.29 is 5.11 Å². The van der Waals surface area contributed by atoms with E-state index >= 15 is 0 Å². The van der Waals surface area contributed by atoms with Crippen molar-refractivity contribution in [1.29, 1.82) is 5.26 Å². The molecule has 1 heterocycles. The van der Waals surface area contributed by atoms with Crippen LogP contribution in [0.3, 0.4) is 0 Å². The summed E-state index contributed by atoms with van der Waals surface area (Å²) in [6.45, 7) is 0. The Kier molecular flexibility index (Phi) is 4.36. The molecule has 90 valence electrons. The van der Waals surface area contributed by atoms with Gasteiger partial charge in [-0.05, 0) is 35.8 Å². The molecule has 0 bridgehead atoms. The van der Waals surface area contributed by atoms with Gasteiger partial charge in [0.15, 0.2) is 6.10 Å². The molecule has 1 aliphatic rings. The van der Waals surface area contributed by atoms with Crippen LogP contribution in [-0.4, -0.2) is 5.11 Å². The summed E-state index contributed by atoms with van der Waals surface area (Å²) in [6, 6.07) is 3.74. The average Bonchev–Trinajstić information content (AvgIpc) is 2.85. The minimum absolute atomic E-state index is 0.716. The standard InChI is InChI=1S/C14H17NOS/c15-9-13(16)14-8-12(10-17-14)7-6-11-4-2-1-3-5-11/h6-8,10-11,13,16H,1-5H2/b7-6+. The molecular weight excluding hydrogens is 230 g/mol. The first-order chi connectivity index (χ1) is 8.29. The summed E-state index contributed by atoms with van der Waals surface area (Å²) in [5.74, 6) is 0.716. The van der Waals surface area contributed by atoms with Crippen molar-refractivity contribution in [3.8, 4) is 6.07 Å². The molecule has 17 heavy (non-hydrogen) atoms. The van der Waals surface area contributed by atoms with Crippen molar-refractivity contribution in [3.63, 3.8) is 0 Å². The second kappa shape index (κ2) is 6.00. The molecule has 0 aromatic carbocycles. The topological polar surface area (TPSA) is 44.0 Å². The molecule has 2 nitrogen and oxygen atoms in total. The highest BCUT2D eigenvalue weighted by Gasteiger charge is 2.11. The van der Waals surface area contributed by atoms with Crippen LogP contribution in [-0.2, 0) is 0 Å². The van der Waals surface area contributed by atoms with Crippen LogP contribution in [0.1, 0.15) is 48.6 Å². The van der Waals surface area contributed by atoms with Crippen LogP contribution in [0.5, 0.6) is 0 Å². The maximum Gasteiger partial charge on any atom is 0.175 e. The monoisotopic (exact) mass is 247 g/mol. The van der Waals surface area contributed by atoms with Crippen LogP contribution in [0.25, 0.3) is 6.08 Å². The minimum atomic E-state index is -0.975. The second-order valence-corrected chi connectivity index (χ2v) is 5.51. The Balaban J connectivity index is 1.96. The Morgan fingerprint density at radius 1 is 1.41 bits per heavy atom. The van der Waals surface area contributed by atoms with Gasteiger partial charge in [0, 0.05) is 4.88 Å². The van der Waals surface area contributed by atoms with E-state index in [4.69, 9.17) is 5.26 Å². The van der Waals surface area contributed by atoms with Gasteiger partial charge in [0.05, 0.1) is 6.07 Å². The molecule has 0 saturated heterocycles. The van der Waals surface area contributed by atoms with Crippen LogP contribution in [0.4, 0.5) is 0 Å². The fourth-order valence-corrected chi connectivity index (χ4v) is 3.04. The third kappa shape index (κ3) is 3.42. The predicted octanol–water partition coefficient (Wildman–Crippen LogP) is 3.90. The zero-order chi connectivity index (χ0) is 12.1.